The van der Waals surface area contributed by atoms with Crippen LogP contribution < -0.4 is 16.5 Å². The summed E-state index contributed by atoms with van der Waals surface area (Å²) < 4.78 is 37.5. The van der Waals surface area contributed by atoms with E-state index in [1.807, 2.05) is 0 Å². The Kier molecular flexibility index (Phi) is 7.78. The number of fused-ring (bicyclic) bond motifs is 4. The van der Waals surface area contributed by atoms with E-state index in [1.165, 1.54) is 22.8 Å². The molecule has 1 aromatic rings. The number of rotatable bonds is 9. The van der Waals surface area contributed by atoms with E-state index in [-0.39, 0.29) is 25.3 Å². The summed E-state index contributed by atoms with van der Waals surface area (Å²) in [6.07, 6.45) is 1.79. The molecular formula is C17H26N8O9S. The van der Waals surface area contributed by atoms with Gasteiger partial charge in [-0.3, -0.25) is 19.0 Å². The van der Waals surface area contributed by atoms with Gasteiger partial charge in [0.1, 0.15) is 18.1 Å². The molecule has 2 aliphatic rings. The van der Waals surface area contributed by atoms with Gasteiger partial charge in [0, 0.05) is 26.2 Å². The smallest absolute Gasteiger partial charge is 0.431 e. The first-order valence-corrected chi connectivity index (χ1v) is 11.8. The molecule has 3 amide bonds. The Morgan fingerprint density at radius 2 is 2.11 bits per heavy atom. The molecule has 0 unspecified atom stereocenters. The van der Waals surface area contributed by atoms with Gasteiger partial charge in [-0.2, -0.15) is 18.6 Å². The van der Waals surface area contributed by atoms with E-state index in [1.54, 1.807) is 7.05 Å². The summed E-state index contributed by atoms with van der Waals surface area (Å²) in [7, 11) is -1.97. The van der Waals surface area contributed by atoms with Crippen LogP contribution in [0.1, 0.15) is 42.6 Å². The summed E-state index contributed by atoms with van der Waals surface area (Å²) in [5, 5.41) is 15.9. The SMILES string of the molecule is CN=C(NOC(=O)NCCCC[C@H](N)C(=O)O)[C@@H]1c2c(cnn2C)[C@H]2CN1C(=O)N2OS(=O)(=O)O. The van der Waals surface area contributed by atoms with Crippen LogP contribution in [0.15, 0.2) is 11.2 Å². The Morgan fingerprint density at radius 3 is 2.74 bits per heavy atom. The van der Waals surface area contributed by atoms with Crippen molar-refractivity contribution in [2.75, 3.05) is 20.1 Å². The van der Waals surface area contributed by atoms with Crippen molar-refractivity contribution in [1.29, 1.82) is 0 Å². The van der Waals surface area contributed by atoms with E-state index in [2.05, 4.69) is 25.2 Å². The quantitative estimate of drug-likeness (QED) is 0.0855. The number of aryl methyl sites for hydroxylation is 1. The van der Waals surface area contributed by atoms with Gasteiger partial charge in [-0.15, -0.1) is 4.28 Å². The monoisotopic (exact) mass is 518 g/mol. The molecule has 1 saturated heterocycles. The normalized spacial score (nSPS) is 20.5. The van der Waals surface area contributed by atoms with Gasteiger partial charge >= 0.3 is 28.5 Å². The molecule has 17 nitrogen and oxygen atoms in total. The number of unbranched alkanes of at least 4 members (excludes halogenated alkanes) is 1. The first-order chi connectivity index (χ1) is 16.4. The second-order valence-corrected chi connectivity index (χ2v) is 8.76. The predicted molar refractivity (Wildman–Crippen MR) is 116 cm³/mol. The Balaban J connectivity index is 1.64. The van der Waals surface area contributed by atoms with Crippen molar-refractivity contribution >= 4 is 34.3 Å². The van der Waals surface area contributed by atoms with Crippen LogP contribution in [0.3, 0.4) is 0 Å². The van der Waals surface area contributed by atoms with Crippen LogP contribution in [0.4, 0.5) is 9.59 Å². The molecule has 1 fully saturated rings. The van der Waals surface area contributed by atoms with Gasteiger partial charge in [0.2, 0.25) is 0 Å². The number of amidine groups is 1. The number of aromatic nitrogens is 2. The number of nitrogens with two attached hydrogens (primary N) is 1. The van der Waals surface area contributed by atoms with E-state index in [4.69, 9.17) is 20.2 Å². The Hall–Kier alpha value is -3.48. The van der Waals surface area contributed by atoms with E-state index >= 15 is 0 Å². The Labute approximate surface area is 199 Å². The van der Waals surface area contributed by atoms with Gasteiger partial charge in [-0.25, -0.2) is 15.1 Å². The molecule has 0 radical (unpaired) electrons. The molecule has 0 spiro atoms. The van der Waals surface area contributed by atoms with Crippen molar-refractivity contribution in [3.05, 3.63) is 17.5 Å². The molecule has 194 valence electrons. The highest BCUT2D eigenvalue weighted by atomic mass is 32.3. The lowest BCUT2D eigenvalue weighted by Gasteiger charge is -2.31. The molecule has 6 N–H and O–H groups in total. The summed E-state index contributed by atoms with van der Waals surface area (Å²) in [5.74, 6) is -1.05. The maximum absolute atomic E-state index is 12.9. The number of hydrogen-bond acceptors (Lipinski definition) is 10. The molecule has 0 aliphatic carbocycles. The summed E-state index contributed by atoms with van der Waals surface area (Å²) in [5.41, 5.74) is 8.75. The fraction of sp³-hybridized carbons (Fsp3) is 0.588. The molecule has 0 saturated carbocycles. The number of aliphatic carboxylic acids is 1. The average Bonchev–Trinajstić information content (AvgIpc) is 3.28. The lowest BCUT2D eigenvalue weighted by molar-refractivity contribution is -0.138. The lowest BCUT2D eigenvalue weighted by atomic mass is 9.97. The van der Waals surface area contributed by atoms with Crippen LogP contribution in [-0.4, -0.2) is 87.9 Å². The number of nitrogens with one attached hydrogen (secondary N) is 2. The maximum Gasteiger partial charge on any atom is 0.431 e. The summed E-state index contributed by atoms with van der Waals surface area (Å²) in [6, 6.07) is -3.63. The van der Waals surface area contributed by atoms with Crippen molar-refractivity contribution in [1.82, 2.24) is 30.5 Å². The first-order valence-electron chi connectivity index (χ1n) is 10.4. The number of carbonyl (C=O) groups is 3. The number of hydroxylamine groups is 3. The van der Waals surface area contributed by atoms with Gasteiger partial charge in [0.25, 0.3) is 0 Å². The number of nitrogens with zero attached hydrogens (tertiary/aromatic N) is 5. The fourth-order valence-corrected chi connectivity index (χ4v) is 4.24. The maximum atomic E-state index is 12.9. The molecular weight excluding hydrogens is 492 g/mol. The third kappa shape index (κ3) is 5.78. The zero-order valence-electron chi connectivity index (χ0n) is 18.8. The molecule has 18 heteroatoms. The van der Waals surface area contributed by atoms with Crippen LogP contribution in [0.25, 0.3) is 0 Å². The molecule has 3 rings (SSSR count). The van der Waals surface area contributed by atoms with Gasteiger partial charge in [0.05, 0.1) is 18.4 Å². The molecule has 1 aromatic heterocycles. The number of amides is 3. The van der Waals surface area contributed by atoms with Crippen LogP contribution in [-0.2, 0) is 31.4 Å². The van der Waals surface area contributed by atoms with Crippen molar-refractivity contribution in [2.45, 2.75) is 37.4 Å². The van der Waals surface area contributed by atoms with Crippen molar-refractivity contribution in [3.8, 4) is 0 Å². The number of carboxylic acid groups (broad SMARTS) is 1. The van der Waals surface area contributed by atoms with E-state index < -0.39 is 46.6 Å². The summed E-state index contributed by atoms with van der Waals surface area (Å²) in [6.45, 7) is 0.193. The summed E-state index contributed by atoms with van der Waals surface area (Å²) >= 11 is 0. The van der Waals surface area contributed by atoms with Crippen LogP contribution in [0, 0.1) is 0 Å². The highest BCUT2D eigenvalue weighted by molar-refractivity contribution is 7.80. The van der Waals surface area contributed by atoms with Crippen LogP contribution in [0.5, 0.6) is 0 Å². The Morgan fingerprint density at radius 1 is 1.40 bits per heavy atom. The molecule has 0 aromatic carbocycles. The molecule has 2 aliphatic heterocycles. The number of urea groups is 1. The third-order valence-electron chi connectivity index (χ3n) is 5.48. The molecule has 3 atom stereocenters. The van der Waals surface area contributed by atoms with E-state index in [9.17, 15) is 22.8 Å². The van der Waals surface area contributed by atoms with Crippen molar-refractivity contribution in [3.63, 3.8) is 0 Å². The molecule has 35 heavy (non-hydrogen) atoms. The predicted octanol–water partition coefficient (Wildman–Crippen LogP) is -1.17. The van der Waals surface area contributed by atoms with Gasteiger partial charge in [-0.05, 0) is 19.3 Å². The van der Waals surface area contributed by atoms with E-state index in [0.717, 1.165) is 0 Å². The number of carbonyl (C=O) groups excluding carboxylic acids is 2. The number of aliphatic imine (C=N–C) groups is 1. The van der Waals surface area contributed by atoms with Crippen molar-refractivity contribution in [2.24, 2.45) is 17.8 Å². The highest BCUT2D eigenvalue weighted by Gasteiger charge is 2.53. The number of hydrogen-bond donors (Lipinski definition) is 5. The highest BCUT2D eigenvalue weighted by Crippen LogP contribution is 2.44. The van der Waals surface area contributed by atoms with E-state index in [0.29, 0.717) is 29.2 Å². The minimum absolute atomic E-state index is 0.0108. The molecule has 3 heterocycles. The first kappa shape index (κ1) is 26.1. The van der Waals surface area contributed by atoms with Gasteiger partial charge < -0.3 is 25.9 Å². The second-order valence-electron chi connectivity index (χ2n) is 7.76. The topological polar surface area (TPSA) is 231 Å². The number of carboxylic acids is 1. The van der Waals surface area contributed by atoms with Crippen molar-refractivity contribution < 1.29 is 41.6 Å². The standard InChI is InChI=1S/C17H26N8O9S/c1-19-14(22-33-16(28)20-6-4-3-5-10(18)15(26)27)13-12-9(7-21-23(12)2)11-8-24(13)17(29)25(11)34-35(30,31)32/h7,10-11,13H,3-6,8,18H2,1-2H3,(H,19,22)(H,20,28)(H,26,27)(H,30,31,32)/t10-,11+,13-/m0/s1. The minimum atomic E-state index is -4.97. The minimum Gasteiger partial charge on any atom is -0.480 e. The third-order valence-corrected chi connectivity index (χ3v) is 5.83. The fourth-order valence-electron chi connectivity index (χ4n) is 3.87. The zero-order chi connectivity index (χ0) is 25.9. The lowest BCUT2D eigenvalue weighted by Crippen LogP contribution is -2.46. The molecule has 2 bridgehead atoms. The summed E-state index contributed by atoms with van der Waals surface area (Å²) in [4.78, 5) is 45.9. The second kappa shape index (κ2) is 10.4. The van der Waals surface area contributed by atoms with Gasteiger partial charge in [0.15, 0.2) is 5.84 Å². The Bertz CT molecular complexity index is 1120. The average molecular weight is 519 g/mol. The van der Waals surface area contributed by atoms with Crippen LogP contribution >= 0.6 is 0 Å². The van der Waals surface area contributed by atoms with Crippen LogP contribution in [0.2, 0.25) is 0 Å². The largest absolute Gasteiger partial charge is 0.480 e. The zero-order valence-corrected chi connectivity index (χ0v) is 19.6. The van der Waals surface area contributed by atoms with Gasteiger partial charge in [-0.1, -0.05) is 0 Å².